The smallest absolute Gasteiger partial charge is 0.337 e. The van der Waals surface area contributed by atoms with E-state index in [4.69, 9.17) is 26.1 Å². The van der Waals surface area contributed by atoms with Crippen LogP contribution in [-0.2, 0) is 0 Å². The number of carbonyl (C=O) groups is 2. The number of anilines is 2. The maximum absolute atomic E-state index is 11.1. The topological polar surface area (TPSA) is 140 Å². The van der Waals surface area contributed by atoms with Gasteiger partial charge in [0, 0.05) is 5.39 Å². The number of carboxylic acids is 2. The average molecular weight is 286 g/mol. The third kappa shape index (κ3) is 1.68. The van der Waals surface area contributed by atoms with E-state index in [1.165, 1.54) is 24.3 Å². The molecule has 0 radical (unpaired) electrons. The molecule has 0 saturated carbocycles. The highest BCUT2D eigenvalue weighted by Crippen LogP contribution is 2.38. The van der Waals surface area contributed by atoms with E-state index in [1.54, 1.807) is 0 Å². The van der Waals surface area contributed by atoms with Gasteiger partial charge in [-0.3, -0.25) is 0 Å². The van der Waals surface area contributed by atoms with Crippen LogP contribution in [0, 0.1) is 0 Å². The number of fused-ring (bicyclic) bond motifs is 3. The van der Waals surface area contributed by atoms with E-state index >= 15 is 0 Å². The van der Waals surface area contributed by atoms with Gasteiger partial charge in [-0.2, -0.15) is 0 Å². The van der Waals surface area contributed by atoms with Gasteiger partial charge in [-0.25, -0.2) is 9.59 Å². The van der Waals surface area contributed by atoms with Crippen molar-refractivity contribution in [2.75, 3.05) is 11.5 Å². The molecule has 2 aromatic carbocycles. The normalized spacial score (nSPS) is 11.0. The number of carboxylic acid groups (broad SMARTS) is 2. The molecule has 1 heterocycles. The van der Waals surface area contributed by atoms with Gasteiger partial charge in [0.1, 0.15) is 5.58 Å². The summed E-state index contributed by atoms with van der Waals surface area (Å²) >= 11 is 0. The SMILES string of the molecule is Nc1c(C(=O)O)ccc2c1oc1ccc(C(=O)O)c(N)c12. The first-order chi connectivity index (χ1) is 9.91. The molecular formula is C14H10N2O5. The van der Waals surface area contributed by atoms with Crippen molar-refractivity contribution >= 4 is 45.3 Å². The van der Waals surface area contributed by atoms with Crippen LogP contribution in [0.5, 0.6) is 0 Å². The fraction of sp³-hybridized carbons (Fsp3) is 0. The zero-order chi connectivity index (χ0) is 15.3. The van der Waals surface area contributed by atoms with Gasteiger partial charge in [-0.15, -0.1) is 0 Å². The Kier molecular flexibility index (Phi) is 2.52. The Hall–Kier alpha value is -3.22. The lowest BCUT2D eigenvalue weighted by molar-refractivity contribution is 0.0687. The van der Waals surface area contributed by atoms with E-state index in [2.05, 4.69) is 0 Å². The Morgan fingerprint density at radius 3 is 2.10 bits per heavy atom. The van der Waals surface area contributed by atoms with Crippen molar-refractivity contribution in [1.29, 1.82) is 0 Å². The summed E-state index contributed by atoms with van der Waals surface area (Å²) in [5, 5.41) is 19.0. The van der Waals surface area contributed by atoms with Crippen molar-refractivity contribution in [2.24, 2.45) is 0 Å². The summed E-state index contributed by atoms with van der Waals surface area (Å²) in [5.74, 6) is -2.33. The summed E-state index contributed by atoms with van der Waals surface area (Å²) in [4.78, 5) is 22.2. The summed E-state index contributed by atoms with van der Waals surface area (Å²) < 4.78 is 5.53. The molecule has 21 heavy (non-hydrogen) atoms. The van der Waals surface area contributed by atoms with Crippen LogP contribution in [0.25, 0.3) is 21.9 Å². The second kappa shape index (κ2) is 4.14. The molecule has 0 spiro atoms. The van der Waals surface area contributed by atoms with Crippen LogP contribution in [0.4, 0.5) is 11.4 Å². The molecule has 0 amide bonds. The molecular weight excluding hydrogens is 276 g/mol. The summed E-state index contributed by atoms with van der Waals surface area (Å²) in [6, 6.07) is 5.64. The van der Waals surface area contributed by atoms with Gasteiger partial charge in [-0.05, 0) is 24.3 Å². The fourth-order valence-electron chi connectivity index (χ4n) is 2.35. The van der Waals surface area contributed by atoms with E-state index in [9.17, 15) is 9.59 Å². The van der Waals surface area contributed by atoms with E-state index in [1.807, 2.05) is 0 Å². The quantitative estimate of drug-likeness (QED) is 0.529. The predicted molar refractivity (Wildman–Crippen MR) is 76.5 cm³/mol. The molecule has 0 saturated heterocycles. The van der Waals surface area contributed by atoms with Crippen LogP contribution in [0.3, 0.4) is 0 Å². The van der Waals surface area contributed by atoms with Gasteiger partial charge < -0.3 is 26.1 Å². The molecule has 0 fully saturated rings. The lowest BCUT2D eigenvalue weighted by atomic mass is 10.0. The number of furan rings is 1. The van der Waals surface area contributed by atoms with Gasteiger partial charge in [0.2, 0.25) is 0 Å². The van der Waals surface area contributed by atoms with E-state index < -0.39 is 11.9 Å². The van der Waals surface area contributed by atoms with Crippen molar-refractivity contribution in [3.05, 3.63) is 35.4 Å². The van der Waals surface area contributed by atoms with Crippen LogP contribution >= 0.6 is 0 Å². The second-order valence-electron chi connectivity index (χ2n) is 4.52. The molecule has 1 aromatic heterocycles. The Balaban J connectivity index is 2.47. The number of rotatable bonds is 2. The Labute approximate surface area is 117 Å². The molecule has 6 N–H and O–H groups in total. The molecule has 7 heteroatoms. The van der Waals surface area contributed by atoms with Gasteiger partial charge in [-0.1, -0.05) is 0 Å². The van der Waals surface area contributed by atoms with Crippen molar-refractivity contribution < 1.29 is 24.2 Å². The Bertz CT molecular complexity index is 926. The summed E-state index contributed by atoms with van der Waals surface area (Å²) in [6.45, 7) is 0. The average Bonchev–Trinajstić information content (AvgIpc) is 2.79. The van der Waals surface area contributed by atoms with Crippen LogP contribution in [0.15, 0.2) is 28.7 Å². The number of hydrogen-bond donors (Lipinski definition) is 4. The molecule has 106 valence electrons. The number of nitrogen functional groups attached to an aromatic ring is 2. The van der Waals surface area contributed by atoms with E-state index in [0.29, 0.717) is 16.4 Å². The van der Waals surface area contributed by atoms with E-state index in [-0.39, 0.29) is 28.1 Å². The third-order valence-electron chi connectivity index (χ3n) is 3.35. The molecule has 3 rings (SSSR count). The van der Waals surface area contributed by atoms with Gasteiger partial charge in [0.25, 0.3) is 0 Å². The largest absolute Gasteiger partial charge is 0.478 e. The second-order valence-corrected chi connectivity index (χ2v) is 4.52. The lowest BCUT2D eigenvalue weighted by Gasteiger charge is -2.02. The summed E-state index contributed by atoms with van der Waals surface area (Å²) in [7, 11) is 0. The number of nitrogens with two attached hydrogens (primary N) is 2. The summed E-state index contributed by atoms with van der Waals surface area (Å²) in [5.41, 5.74) is 12.1. The van der Waals surface area contributed by atoms with Crippen LogP contribution in [0.1, 0.15) is 20.7 Å². The minimum absolute atomic E-state index is 0.0209. The van der Waals surface area contributed by atoms with Gasteiger partial charge >= 0.3 is 11.9 Å². The van der Waals surface area contributed by atoms with Crippen molar-refractivity contribution in [1.82, 2.24) is 0 Å². The zero-order valence-corrected chi connectivity index (χ0v) is 10.6. The third-order valence-corrected chi connectivity index (χ3v) is 3.35. The van der Waals surface area contributed by atoms with Gasteiger partial charge in [0.15, 0.2) is 5.58 Å². The molecule has 0 unspecified atom stereocenters. The minimum atomic E-state index is -1.17. The first-order valence-electron chi connectivity index (χ1n) is 5.91. The first-order valence-corrected chi connectivity index (χ1v) is 5.91. The lowest BCUT2D eigenvalue weighted by Crippen LogP contribution is -2.03. The van der Waals surface area contributed by atoms with Gasteiger partial charge in [0.05, 0.1) is 27.9 Å². The Morgan fingerprint density at radius 2 is 1.48 bits per heavy atom. The molecule has 0 bridgehead atoms. The number of hydrogen-bond acceptors (Lipinski definition) is 5. The highest BCUT2D eigenvalue weighted by molar-refractivity contribution is 6.18. The van der Waals surface area contributed by atoms with Crippen molar-refractivity contribution in [3.8, 4) is 0 Å². The minimum Gasteiger partial charge on any atom is -0.478 e. The first kappa shape index (κ1) is 12.8. The highest BCUT2D eigenvalue weighted by Gasteiger charge is 2.20. The fourth-order valence-corrected chi connectivity index (χ4v) is 2.35. The molecule has 0 aliphatic rings. The zero-order valence-electron chi connectivity index (χ0n) is 10.6. The predicted octanol–water partition coefficient (Wildman–Crippen LogP) is 2.15. The van der Waals surface area contributed by atoms with Crippen LogP contribution in [-0.4, -0.2) is 22.2 Å². The number of aromatic carboxylic acids is 2. The van der Waals surface area contributed by atoms with E-state index in [0.717, 1.165) is 0 Å². The molecule has 3 aromatic rings. The standard InChI is InChI=1S/C14H10N2O5/c15-10-6(13(17)18)3-4-8-9(10)5-1-2-7(14(19)20)11(16)12(5)21-8/h1-4H,15-16H2,(H,17,18)(H,19,20). The highest BCUT2D eigenvalue weighted by atomic mass is 16.4. The van der Waals surface area contributed by atoms with Crippen LogP contribution in [0.2, 0.25) is 0 Å². The Morgan fingerprint density at radius 1 is 0.905 bits per heavy atom. The van der Waals surface area contributed by atoms with Crippen molar-refractivity contribution in [3.63, 3.8) is 0 Å². The van der Waals surface area contributed by atoms with Crippen molar-refractivity contribution in [2.45, 2.75) is 0 Å². The maximum atomic E-state index is 11.1. The monoisotopic (exact) mass is 286 g/mol. The molecule has 0 aliphatic heterocycles. The number of benzene rings is 2. The summed E-state index contributed by atoms with van der Waals surface area (Å²) in [6.07, 6.45) is 0. The molecule has 7 nitrogen and oxygen atoms in total. The van der Waals surface area contributed by atoms with Crippen LogP contribution < -0.4 is 11.5 Å². The maximum Gasteiger partial charge on any atom is 0.337 e. The molecule has 0 atom stereocenters. The molecule has 0 aliphatic carbocycles.